The lowest BCUT2D eigenvalue weighted by molar-refractivity contribution is -0.130. The lowest BCUT2D eigenvalue weighted by Crippen LogP contribution is -2.24. The molecule has 0 rings (SSSR count). The molecule has 0 aliphatic carbocycles. The van der Waals surface area contributed by atoms with Crippen molar-refractivity contribution < 1.29 is 23.9 Å². The zero-order valence-corrected chi connectivity index (χ0v) is 19.2. The van der Waals surface area contributed by atoms with Crippen LogP contribution in [0.25, 0.3) is 0 Å². The predicted octanol–water partition coefficient (Wildman–Crippen LogP) is 4.51. The highest BCUT2D eigenvalue weighted by atomic mass is 16.5. The van der Waals surface area contributed by atoms with Gasteiger partial charge in [0.25, 0.3) is 0 Å². The molecule has 0 aliphatic heterocycles. The number of ether oxygens (including phenoxy) is 2. The van der Waals surface area contributed by atoms with Gasteiger partial charge in [0.1, 0.15) is 18.2 Å². The molecular weight excluding hydrogens is 332 g/mol. The number of hydrogen-bond donors (Lipinski definition) is 0. The largest absolute Gasteiger partial charge is 0.384 e. The third-order valence-electron chi connectivity index (χ3n) is 3.54. The van der Waals surface area contributed by atoms with Gasteiger partial charge in [0.15, 0.2) is 5.78 Å². The minimum atomic E-state index is -0.254. The Kier molecular flexibility index (Phi) is 15.0. The Balaban J connectivity index is -0.000000310. The van der Waals surface area contributed by atoms with E-state index in [1.165, 1.54) is 7.11 Å². The molecule has 0 saturated carbocycles. The van der Waals surface area contributed by atoms with Crippen molar-refractivity contribution in [3.8, 4) is 0 Å². The van der Waals surface area contributed by atoms with Crippen LogP contribution in [0.4, 0.5) is 0 Å². The maximum Gasteiger partial charge on any atom is 0.163 e. The molecule has 0 aromatic heterocycles. The van der Waals surface area contributed by atoms with Crippen molar-refractivity contribution in [2.75, 3.05) is 27.4 Å². The van der Waals surface area contributed by atoms with Crippen molar-refractivity contribution in [1.82, 2.24) is 0 Å². The molecule has 0 N–H and O–H groups in total. The van der Waals surface area contributed by atoms with Gasteiger partial charge in [-0.15, -0.1) is 0 Å². The van der Waals surface area contributed by atoms with Crippen LogP contribution in [0.15, 0.2) is 0 Å². The van der Waals surface area contributed by atoms with E-state index in [4.69, 9.17) is 4.74 Å². The first-order valence-electron chi connectivity index (χ1n) is 8.96. The summed E-state index contributed by atoms with van der Waals surface area (Å²) in [6.45, 7) is 19.5. The monoisotopic (exact) mass is 374 g/mol. The van der Waals surface area contributed by atoms with E-state index < -0.39 is 0 Å². The Morgan fingerprint density at radius 2 is 1.00 bits per heavy atom. The van der Waals surface area contributed by atoms with Crippen molar-refractivity contribution in [2.45, 2.75) is 75.7 Å². The summed E-state index contributed by atoms with van der Waals surface area (Å²) in [5.74, 6) is 0.645. The quantitative estimate of drug-likeness (QED) is 0.708. The molecule has 5 heteroatoms. The molecule has 156 valence electrons. The molecule has 0 unspecified atom stereocenters. The van der Waals surface area contributed by atoms with Gasteiger partial charge in [0, 0.05) is 36.9 Å². The summed E-state index contributed by atoms with van der Waals surface area (Å²) in [6, 6.07) is 0. The second-order valence-corrected chi connectivity index (χ2v) is 9.33. The van der Waals surface area contributed by atoms with Crippen molar-refractivity contribution in [2.24, 2.45) is 16.2 Å². The van der Waals surface area contributed by atoms with Crippen molar-refractivity contribution in [1.29, 1.82) is 0 Å². The van der Waals surface area contributed by atoms with E-state index in [1.807, 2.05) is 62.3 Å². The van der Waals surface area contributed by atoms with Gasteiger partial charge in [0.05, 0.1) is 6.61 Å². The van der Waals surface area contributed by atoms with Gasteiger partial charge in [-0.25, -0.2) is 0 Å². The van der Waals surface area contributed by atoms with Crippen LogP contribution in [-0.2, 0) is 23.9 Å². The summed E-state index contributed by atoms with van der Waals surface area (Å²) < 4.78 is 9.47. The summed E-state index contributed by atoms with van der Waals surface area (Å²) in [5, 5.41) is 0. The average Bonchev–Trinajstić information content (AvgIpc) is 2.43. The predicted molar refractivity (Wildman–Crippen MR) is 107 cm³/mol. The van der Waals surface area contributed by atoms with E-state index >= 15 is 0 Å². The maximum absolute atomic E-state index is 11.1. The van der Waals surface area contributed by atoms with Crippen LogP contribution in [0, 0.1) is 16.2 Å². The Hall–Kier alpha value is -1.07. The molecule has 26 heavy (non-hydrogen) atoms. The van der Waals surface area contributed by atoms with Crippen molar-refractivity contribution >= 4 is 17.3 Å². The minimum absolute atomic E-state index is 0.139. The van der Waals surface area contributed by atoms with Crippen molar-refractivity contribution in [3.05, 3.63) is 0 Å². The van der Waals surface area contributed by atoms with Gasteiger partial charge < -0.3 is 9.47 Å². The summed E-state index contributed by atoms with van der Waals surface area (Å²) >= 11 is 0. The fourth-order valence-electron chi connectivity index (χ4n) is 0.917. The topological polar surface area (TPSA) is 69.7 Å². The van der Waals surface area contributed by atoms with E-state index in [9.17, 15) is 14.4 Å². The zero-order valence-electron chi connectivity index (χ0n) is 19.2. The van der Waals surface area contributed by atoms with Crippen LogP contribution in [-0.4, -0.2) is 44.8 Å². The Morgan fingerprint density at radius 1 is 0.654 bits per heavy atom. The van der Waals surface area contributed by atoms with Gasteiger partial charge in [-0.1, -0.05) is 62.3 Å². The molecule has 0 bridgehead atoms. The van der Waals surface area contributed by atoms with E-state index in [0.29, 0.717) is 13.0 Å². The summed E-state index contributed by atoms with van der Waals surface area (Å²) in [7, 11) is 3.14. The lowest BCUT2D eigenvalue weighted by atomic mass is 9.89. The highest BCUT2D eigenvalue weighted by Gasteiger charge is 2.20. The van der Waals surface area contributed by atoms with Crippen LogP contribution in [0.1, 0.15) is 75.7 Å². The lowest BCUT2D eigenvalue weighted by Gasteiger charge is -2.15. The molecule has 0 atom stereocenters. The number of hydrogen-bond acceptors (Lipinski definition) is 5. The van der Waals surface area contributed by atoms with E-state index in [0.717, 1.165) is 0 Å². The van der Waals surface area contributed by atoms with E-state index in [1.54, 1.807) is 14.0 Å². The van der Waals surface area contributed by atoms with Crippen LogP contribution in [0.2, 0.25) is 0 Å². The summed E-state index contributed by atoms with van der Waals surface area (Å²) in [5.41, 5.74) is -0.603. The first kappa shape index (κ1) is 29.7. The smallest absolute Gasteiger partial charge is 0.163 e. The van der Waals surface area contributed by atoms with Gasteiger partial charge >= 0.3 is 0 Å². The van der Waals surface area contributed by atoms with Crippen LogP contribution in [0.3, 0.4) is 0 Å². The molecule has 0 amide bonds. The molecule has 0 saturated heterocycles. The van der Waals surface area contributed by atoms with Gasteiger partial charge in [-0.3, -0.25) is 14.4 Å². The van der Waals surface area contributed by atoms with Crippen LogP contribution in [0.5, 0.6) is 0 Å². The first-order valence-corrected chi connectivity index (χ1v) is 8.96. The number of rotatable bonds is 5. The fourth-order valence-corrected chi connectivity index (χ4v) is 0.917. The molecule has 5 nitrogen and oxygen atoms in total. The molecule has 0 aromatic rings. The Labute approximate surface area is 161 Å². The highest BCUT2D eigenvalue weighted by molar-refractivity contribution is 5.84. The van der Waals surface area contributed by atoms with E-state index in [-0.39, 0.29) is 40.2 Å². The molecular formula is C21H42O5. The summed E-state index contributed by atoms with van der Waals surface area (Å²) in [6.07, 6.45) is 0.528. The number of ketones is 3. The second-order valence-electron chi connectivity index (χ2n) is 9.33. The fraction of sp³-hybridized carbons (Fsp3) is 0.857. The maximum atomic E-state index is 11.1. The summed E-state index contributed by atoms with van der Waals surface area (Å²) in [4.78, 5) is 32.5. The number of Topliss-reactive ketones (excluding diaryl/α,β-unsaturated/α-hetero) is 3. The molecule has 0 aliphatic rings. The second kappa shape index (κ2) is 13.2. The van der Waals surface area contributed by atoms with Gasteiger partial charge in [0.2, 0.25) is 0 Å². The first-order chi connectivity index (χ1) is 11.4. The average molecular weight is 375 g/mol. The van der Waals surface area contributed by atoms with Gasteiger partial charge in [-0.05, 0) is 6.92 Å². The Bertz CT molecular complexity index is 417. The van der Waals surface area contributed by atoms with Gasteiger partial charge in [-0.2, -0.15) is 0 Å². The number of methoxy groups -OCH3 is 2. The molecule has 0 radical (unpaired) electrons. The normalized spacial score (nSPS) is 11.5. The van der Waals surface area contributed by atoms with Crippen LogP contribution < -0.4 is 0 Å². The van der Waals surface area contributed by atoms with Crippen molar-refractivity contribution in [3.63, 3.8) is 0 Å². The third kappa shape index (κ3) is 19.3. The molecule has 0 aromatic carbocycles. The molecule has 0 spiro atoms. The number of carbonyl (C=O) groups is 3. The number of carbonyl (C=O) groups excluding carboxylic acids is 3. The van der Waals surface area contributed by atoms with Crippen LogP contribution >= 0.6 is 0 Å². The highest BCUT2D eigenvalue weighted by Crippen LogP contribution is 2.16. The third-order valence-corrected chi connectivity index (χ3v) is 3.54. The minimum Gasteiger partial charge on any atom is -0.384 e. The zero-order chi connectivity index (χ0) is 21.8. The van der Waals surface area contributed by atoms with E-state index in [2.05, 4.69) is 4.74 Å². The standard InChI is InChI=1S/C8H16O2.C7H14O2.C6H12O/c1-8(2,3)7(9)5-6-10-4;1-7(2,3)6(8)5-9-4;1-5(7)6(2,3)4/h5-6H2,1-4H3;5H2,1-4H3;1-4H3. The SMILES string of the molecule is CC(=O)C(C)(C)C.COCC(=O)C(C)(C)C.COCCC(=O)C(C)(C)C. The molecule has 0 fully saturated rings. The Morgan fingerprint density at radius 3 is 1.15 bits per heavy atom. The molecule has 0 heterocycles.